The van der Waals surface area contributed by atoms with Gasteiger partial charge in [-0.2, -0.15) is 0 Å². The van der Waals surface area contributed by atoms with Gasteiger partial charge in [-0.15, -0.1) is 0 Å². The minimum absolute atomic E-state index is 0.0896. The fraction of sp³-hybridized carbons (Fsp3) is 0.632. The maximum Gasteiger partial charge on any atom is 0.253 e. The smallest absolute Gasteiger partial charge is 0.253 e. The van der Waals surface area contributed by atoms with E-state index in [4.69, 9.17) is 4.74 Å². The largest absolute Gasteiger partial charge is 0.378 e. The molecule has 1 aromatic carbocycles. The first-order valence-corrected chi connectivity index (χ1v) is 11.0. The van der Waals surface area contributed by atoms with E-state index in [0.717, 1.165) is 30.9 Å². The first kappa shape index (κ1) is 18.4. The van der Waals surface area contributed by atoms with Gasteiger partial charge in [-0.05, 0) is 55.7 Å². The van der Waals surface area contributed by atoms with Gasteiger partial charge >= 0.3 is 0 Å². The molecular weight excluding hydrogens is 338 g/mol. The number of aryl methyl sites for hydroxylation is 1. The van der Waals surface area contributed by atoms with Crippen LogP contribution in [-0.4, -0.2) is 51.3 Å². The van der Waals surface area contributed by atoms with Crippen molar-refractivity contribution in [2.75, 3.05) is 26.0 Å². The lowest BCUT2D eigenvalue weighted by molar-refractivity contribution is 0.00410. The molecule has 0 bridgehead atoms. The predicted octanol–water partition coefficient (Wildman–Crippen LogP) is 2.68. The van der Waals surface area contributed by atoms with Gasteiger partial charge in [0, 0.05) is 31.5 Å². The number of likely N-dealkylation sites (tertiary alicyclic amines) is 1. The second-order valence-corrected chi connectivity index (χ2v) is 9.20. The lowest BCUT2D eigenvalue weighted by atomic mass is 10.0. The van der Waals surface area contributed by atoms with Gasteiger partial charge in [0.25, 0.3) is 5.91 Å². The highest BCUT2D eigenvalue weighted by molar-refractivity contribution is 7.90. The SMILES string of the molecule is CCc1ccc(C(=O)N2CCC(OCC3CC3)CC2)cc1S(C)(=O)=O. The Labute approximate surface area is 150 Å². The minimum atomic E-state index is -3.34. The van der Waals surface area contributed by atoms with E-state index < -0.39 is 9.84 Å². The highest BCUT2D eigenvalue weighted by Gasteiger charge is 2.27. The van der Waals surface area contributed by atoms with E-state index in [1.165, 1.54) is 25.2 Å². The van der Waals surface area contributed by atoms with Crippen LogP contribution in [0, 0.1) is 5.92 Å². The number of carbonyl (C=O) groups excluding carboxylic acids is 1. The molecule has 1 saturated carbocycles. The van der Waals surface area contributed by atoms with Gasteiger partial charge in [0.05, 0.1) is 11.0 Å². The fourth-order valence-electron chi connectivity index (χ4n) is 3.29. The fourth-order valence-corrected chi connectivity index (χ4v) is 4.32. The van der Waals surface area contributed by atoms with Crippen molar-refractivity contribution in [2.45, 2.75) is 50.0 Å². The van der Waals surface area contributed by atoms with E-state index in [2.05, 4.69) is 0 Å². The molecular formula is C19H27NO4S. The van der Waals surface area contributed by atoms with Crippen LogP contribution in [0.2, 0.25) is 0 Å². The highest BCUT2D eigenvalue weighted by Crippen LogP contribution is 2.30. The van der Waals surface area contributed by atoms with Crippen LogP contribution < -0.4 is 0 Å². The Balaban J connectivity index is 1.65. The Bertz CT molecular complexity index is 732. The van der Waals surface area contributed by atoms with Crippen LogP contribution in [0.3, 0.4) is 0 Å². The predicted molar refractivity (Wildman–Crippen MR) is 96.5 cm³/mol. The van der Waals surface area contributed by atoms with Crippen molar-refractivity contribution in [3.8, 4) is 0 Å². The summed E-state index contributed by atoms with van der Waals surface area (Å²) in [5, 5.41) is 0. The first-order valence-electron chi connectivity index (χ1n) is 9.12. The van der Waals surface area contributed by atoms with Gasteiger partial charge < -0.3 is 9.64 Å². The van der Waals surface area contributed by atoms with Crippen molar-refractivity contribution in [3.05, 3.63) is 29.3 Å². The molecule has 3 rings (SSSR count). The molecule has 1 amide bonds. The molecule has 0 N–H and O–H groups in total. The van der Waals surface area contributed by atoms with Crippen LogP contribution in [0.15, 0.2) is 23.1 Å². The lowest BCUT2D eigenvalue weighted by Crippen LogP contribution is -2.41. The maximum absolute atomic E-state index is 12.8. The van der Waals surface area contributed by atoms with Crippen molar-refractivity contribution >= 4 is 15.7 Å². The number of nitrogens with zero attached hydrogens (tertiary/aromatic N) is 1. The van der Waals surface area contributed by atoms with E-state index in [1.807, 2.05) is 11.8 Å². The summed E-state index contributed by atoms with van der Waals surface area (Å²) in [4.78, 5) is 14.8. The monoisotopic (exact) mass is 365 g/mol. The van der Waals surface area contributed by atoms with Crippen molar-refractivity contribution in [1.29, 1.82) is 0 Å². The van der Waals surface area contributed by atoms with Crippen molar-refractivity contribution in [1.82, 2.24) is 4.90 Å². The zero-order valence-electron chi connectivity index (χ0n) is 15.0. The minimum Gasteiger partial charge on any atom is -0.378 e. The van der Waals surface area contributed by atoms with Gasteiger partial charge in [-0.1, -0.05) is 13.0 Å². The number of rotatable bonds is 6. The van der Waals surface area contributed by atoms with Crippen molar-refractivity contribution < 1.29 is 17.9 Å². The summed E-state index contributed by atoms with van der Waals surface area (Å²) in [6.45, 7) is 4.10. The normalized spacial score (nSPS) is 19.2. The summed E-state index contributed by atoms with van der Waals surface area (Å²) in [5.41, 5.74) is 1.21. The zero-order valence-corrected chi connectivity index (χ0v) is 15.8. The highest BCUT2D eigenvalue weighted by atomic mass is 32.2. The Morgan fingerprint density at radius 3 is 2.44 bits per heavy atom. The summed E-state index contributed by atoms with van der Waals surface area (Å²) in [7, 11) is -3.34. The van der Waals surface area contributed by atoms with Crippen LogP contribution in [-0.2, 0) is 21.0 Å². The quantitative estimate of drug-likeness (QED) is 0.777. The maximum atomic E-state index is 12.8. The third kappa shape index (κ3) is 4.61. The molecule has 1 aliphatic heterocycles. The molecule has 1 heterocycles. The molecule has 5 nitrogen and oxygen atoms in total. The molecule has 138 valence electrons. The summed E-state index contributed by atoms with van der Waals surface area (Å²) in [5.74, 6) is 0.666. The second kappa shape index (κ2) is 7.46. The summed E-state index contributed by atoms with van der Waals surface area (Å²) >= 11 is 0. The standard InChI is InChI=1S/C19H27NO4S/c1-3-15-6-7-16(12-18(15)25(2,22)23)19(21)20-10-8-17(9-11-20)24-13-14-4-5-14/h6-7,12,14,17H,3-5,8-11,13H2,1-2H3. The van der Waals surface area contributed by atoms with Crippen molar-refractivity contribution in [3.63, 3.8) is 0 Å². The summed E-state index contributed by atoms with van der Waals surface area (Å²) in [6, 6.07) is 5.03. The number of ether oxygens (including phenoxy) is 1. The average Bonchev–Trinajstić information content (AvgIpc) is 3.43. The number of carbonyl (C=O) groups is 1. The molecule has 1 saturated heterocycles. The Kier molecular flexibility index (Phi) is 5.49. The topological polar surface area (TPSA) is 63.7 Å². The molecule has 0 atom stereocenters. The van der Waals surface area contributed by atoms with Crippen LogP contribution in [0.5, 0.6) is 0 Å². The zero-order chi connectivity index (χ0) is 18.0. The second-order valence-electron chi connectivity index (χ2n) is 7.22. The number of benzene rings is 1. The lowest BCUT2D eigenvalue weighted by Gasteiger charge is -2.32. The molecule has 2 fully saturated rings. The third-order valence-corrected chi connectivity index (χ3v) is 6.27. The van der Waals surface area contributed by atoms with Crippen LogP contribution in [0.4, 0.5) is 0 Å². The van der Waals surface area contributed by atoms with E-state index in [-0.39, 0.29) is 16.9 Å². The molecule has 2 aliphatic rings. The molecule has 0 spiro atoms. The number of amides is 1. The molecule has 25 heavy (non-hydrogen) atoms. The van der Waals surface area contributed by atoms with E-state index in [9.17, 15) is 13.2 Å². The van der Waals surface area contributed by atoms with E-state index >= 15 is 0 Å². The number of piperidine rings is 1. The van der Waals surface area contributed by atoms with Crippen molar-refractivity contribution in [2.24, 2.45) is 5.92 Å². The molecule has 6 heteroatoms. The summed E-state index contributed by atoms with van der Waals surface area (Å²) in [6.07, 6.45) is 6.34. The van der Waals surface area contributed by atoms with Crippen LogP contribution in [0.25, 0.3) is 0 Å². The summed E-state index contributed by atoms with van der Waals surface area (Å²) < 4.78 is 29.9. The molecule has 1 aromatic rings. The molecule has 0 aromatic heterocycles. The van der Waals surface area contributed by atoms with Crippen LogP contribution >= 0.6 is 0 Å². The van der Waals surface area contributed by atoms with E-state index in [1.54, 1.807) is 12.1 Å². The molecule has 1 aliphatic carbocycles. The van der Waals surface area contributed by atoms with Gasteiger partial charge in [0.15, 0.2) is 9.84 Å². The Morgan fingerprint density at radius 1 is 1.20 bits per heavy atom. The number of hydrogen-bond donors (Lipinski definition) is 0. The van der Waals surface area contributed by atoms with Gasteiger partial charge in [-0.25, -0.2) is 8.42 Å². The van der Waals surface area contributed by atoms with Gasteiger partial charge in [0.2, 0.25) is 0 Å². The Hall–Kier alpha value is -1.40. The molecule has 0 radical (unpaired) electrons. The number of sulfone groups is 1. The average molecular weight is 365 g/mol. The Morgan fingerprint density at radius 2 is 1.88 bits per heavy atom. The van der Waals surface area contributed by atoms with Gasteiger partial charge in [0.1, 0.15) is 0 Å². The van der Waals surface area contributed by atoms with E-state index in [0.29, 0.717) is 25.1 Å². The molecule has 0 unspecified atom stereocenters. The van der Waals surface area contributed by atoms with Crippen LogP contribution in [0.1, 0.15) is 48.5 Å². The third-order valence-electron chi connectivity index (χ3n) is 5.09. The first-order chi connectivity index (χ1) is 11.9. The van der Waals surface area contributed by atoms with Gasteiger partial charge in [-0.3, -0.25) is 4.79 Å². The number of hydrogen-bond acceptors (Lipinski definition) is 4.